The van der Waals surface area contributed by atoms with E-state index in [0.29, 0.717) is 22.8 Å². The highest BCUT2D eigenvalue weighted by Crippen LogP contribution is 2.27. The van der Waals surface area contributed by atoms with E-state index in [1.165, 1.54) is 25.7 Å². The molecule has 1 aliphatic rings. The second-order valence-electron chi connectivity index (χ2n) is 8.32. The molecular formula is C24H28FN3O2. The molecule has 4 rings (SSSR count). The van der Waals surface area contributed by atoms with E-state index in [2.05, 4.69) is 23.7 Å². The van der Waals surface area contributed by atoms with Gasteiger partial charge in [0.15, 0.2) is 11.6 Å². The number of methoxy groups -OCH3 is 1. The molecule has 158 valence electrons. The lowest BCUT2D eigenvalue weighted by Gasteiger charge is -2.31. The van der Waals surface area contributed by atoms with Crippen LogP contribution >= 0.6 is 0 Å². The van der Waals surface area contributed by atoms with Crippen LogP contribution in [0.4, 0.5) is 10.1 Å². The lowest BCUT2D eigenvalue weighted by atomic mass is 9.87. The Morgan fingerprint density at radius 2 is 1.87 bits per heavy atom. The largest absolute Gasteiger partial charge is 0.494 e. The second kappa shape index (κ2) is 8.46. The van der Waals surface area contributed by atoms with E-state index in [0.717, 1.165) is 37.5 Å². The standard InChI is InChI=1S/C24H28FN3O2/c1-16-5-4-11-27(12-10-17(16)2)19-7-9-23-26-21(14-24(29)28(23)15-19)18-6-8-22(30-3)20(25)13-18/h6-9,13-17H,4-5,10-12H2,1-3H3. The number of hydrogen-bond donors (Lipinski definition) is 0. The molecule has 5 nitrogen and oxygen atoms in total. The van der Waals surface area contributed by atoms with Crippen LogP contribution in [0, 0.1) is 17.7 Å². The number of hydrogen-bond acceptors (Lipinski definition) is 4. The molecule has 0 bridgehead atoms. The number of anilines is 1. The minimum atomic E-state index is -0.479. The number of halogens is 1. The van der Waals surface area contributed by atoms with E-state index in [1.54, 1.807) is 16.5 Å². The van der Waals surface area contributed by atoms with Gasteiger partial charge in [0.2, 0.25) is 0 Å². The summed E-state index contributed by atoms with van der Waals surface area (Å²) in [5.74, 6) is 1.15. The molecule has 2 aromatic heterocycles. The van der Waals surface area contributed by atoms with Gasteiger partial charge < -0.3 is 9.64 Å². The zero-order valence-corrected chi connectivity index (χ0v) is 17.8. The summed E-state index contributed by atoms with van der Waals surface area (Å²) in [4.78, 5) is 19.8. The third kappa shape index (κ3) is 4.04. The lowest BCUT2D eigenvalue weighted by molar-refractivity contribution is 0.322. The smallest absolute Gasteiger partial charge is 0.258 e. The third-order valence-electron chi connectivity index (χ3n) is 6.37. The van der Waals surface area contributed by atoms with Crippen LogP contribution in [-0.2, 0) is 0 Å². The molecule has 0 spiro atoms. The molecule has 0 N–H and O–H groups in total. The van der Waals surface area contributed by atoms with E-state index >= 15 is 0 Å². The number of aromatic nitrogens is 2. The van der Waals surface area contributed by atoms with Crippen molar-refractivity contribution in [1.82, 2.24) is 9.38 Å². The van der Waals surface area contributed by atoms with E-state index in [9.17, 15) is 9.18 Å². The summed E-state index contributed by atoms with van der Waals surface area (Å²) in [6.45, 7) is 6.65. The molecule has 6 heteroatoms. The molecule has 0 radical (unpaired) electrons. The fourth-order valence-electron chi connectivity index (χ4n) is 4.15. The minimum absolute atomic E-state index is 0.165. The zero-order chi connectivity index (χ0) is 21.3. The molecular weight excluding hydrogens is 381 g/mol. The summed E-state index contributed by atoms with van der Waals surface area (Å²) in [6, 6.07) is 9.93. The number of benzene rings is 1. The van der Waals surface area contributed by atoms with Crippen molar-refractivity contribution in [2.24, 2.45) is 11.8 Å². The van der Waals surface area contributed by atoms with Gasteiger partial charge in [-0.05, 0) is 61.4 Å². The van der Waals surface area contributed by atoms with Crippen molar-refractivity contribution in [3.05, 3.63) is 58.8 Å². The SMILES string of the molecule is COc1ccc(-c2cc(=O)n3cc(N4CCCC(C)C(C)CC4)ccc3n2)cc1F. The van der Waals surface area contributed by atoms with Gasteiger partial charge in [0, 0.05) is 30.9 Å². The number of pyridine rings is 1. The molecule has 2 unspecified atom stereocenters. The first-order chi connectivity index (χ1) is 14.5. The third-order valence-corrected chi connectivity index (χ3v) is 6.37. The van der Waals surface area contributed by atoms with Crippen LogP contribution in [-0.4, -0.2) is 29.6 Å². The summed E-state index contributed by atoms with van der Waals surface area (Å²) in [7, 11) is 1.42. The van der Waals surface area contributed by atoms with Gasteiger partial charge in [-0.15, -0.1) is 0 Å². The van der Waals surface area contributed by atoms with Crippen molar-refractivity contribution >= 4 is 11.3 Å². The fraction of sp³-hybridized carbons (Fsp3) is 0.417. The highest BCUT2D eigenvalue weighted by molar-refractivity contribution is 5.63. The molecule has 1 saturated heterocycles. The summed E-state index contributed by atoms with van der Waals surface area (Å²) >= 11 is 0. The average Bonchev–Trinajstić information content (AvgIpc) is 2.74. The quantitative estimate of drug-likeness (QED) is 0.625. The van der Waals surface area contributed by atoms with Crippen LogP contribution in [0.5, 0.6) is 5.75 Å². The van der Waals surface area contributed by atoms with E-state index < -0.39 is 5.82 Å². The van der Waals surface area contributed by atoms with Gasteiger partial charge in [0.25, 0.3) is 5.56 Å². The van der Waals surface area contributed by atoms with Crippen molar-refractivity contribution in [2.45, 2.75) is 33.1 Å². The van der Waals surface area contributed by atoms with Crippen molar-refractivity contribution in [1.29, 1.82) is 0 Å². The number of fused-ring (bicyclic) bond motifs is 1. The maximum atomic E-state index is 14.1. The topological polar surface area (TPSA) is 46.8 Å². The molecule has 0 amide bonds. The highest BCUT2D eigenvalue weighted by Gasteiger charge is 2.19. The Bertz CT molecular complexity index is 1110. The Morgan fingerprint density at radius 1 is 1.07 bits per heavy atom. The number of nitrogens with zero attached hydrogens (tertiary/aromatic N) is 3. The Balaban J connectivity index is 1.66. The zero-order valence-electron chi connectivity index (χ0n) is 17.8. The molecule has 1 fully saturated rings. The monoisotopic (exact) mass is 409 g/mol. The molecule has 0 aliphatic carbocycles. The van der Waals surface area contributed by atoms with Crippen LogP contribution < -0.4 is 15.2 Å². The van der Waals surface area contributed by atoms with Crippen molar-refractivity contribution in [2.75, 3.05) is 25.1 Å². The minimum Gasteiger partial charge on any atom is -0.494 e. The maximum absolute atomic E-state index is 14.1. The Morgan fingerprint density at radius 3 is 2.63 bits per heavy atom. The van der Waals surface area contributed by atoms with Gasteiger partial charge >= 0.3 is 0 Å². The summed E-state index contributed by atoms with van der Waals surface area (Å²) in [5.41, 5.74) is 2.40. The molecule has 1 aromatic carbocycles. The predicted octanol–water partition coefficient (Wildman–Crippen LogP) is 4.77. The van der Waals surface area contributed by atoms with Gasteiger partial charge in [0.1, 0.15) is 5.65 Å². The Labute approximate surface area is 176 Å². The molecule has 0 saturated carbocycles. The van der Waals surface area contributed by atoms with Crippen LogP contribution in [0.15, 0.2) is 47.4 Å². The Kier molecular flexibility index (Phi) is 5.75. The summed E-state index contributed by atoms with van der Waals surface area (Å²) in [5, 5.41) is 0. The highest BCUT2D eigenvalue weighted by atomic mass is 19.1. The van der Waals surface area contributed by atoms with E-state index in [1.807, 2.05) is 18.3 Å². The molecule has 3 heterocycles. The molecule has 1 aliphatic heterocycles. The van der Waals surface area contributed by atoms with Gasteiger partial charge in [0.05, 0.1) is 18.5 Å². The van der Waals surface area contributed by atoms with Crippen LogP contribution in [0.3, 0.4) is 0 Å². The van der Waals surface area contributed by atoms with Gasteiger partial charge in [-0.3, -0.25) is 9.20 Å². The Hall–Kier alpha value is -2.89. The van der Waals surface area contributed by atoms with Gasteiger partial charge in [-0.2, -0.15) is 0 Å². The van der Waals surface area contributed by atoms with Crippen LogP contribution in [0.2, 0.25) is 0 Å². The number of ether oxygens (including phenoxy) is 1. The first-order valence-electron chi connectivity index (χ1n) is 10.6. The van der Waals surface area contributed by atoms with Crippen LogP contribution in [0.1, 0.15) is 33.1 Å². The average molecular weight is 410 g/mol. The summed E-state index contributed by atoms with van der Waals surface area (Å²) in [6.07, 6.45) is 5.40. The summed E-state index contributed by atoms with van der Waals surface area (Å²) < 4.78 is 20.6. The van der Waals surface area contributed by atoms with Crippen LogP contribution in [0.25, 0.3) is 16.9 Å². The van der Waals surface area contributed by atoms with E-state index in [4.69, 9.17) is 4.74 Å². The van der Waals surface area contributed by atoms with E-state index in [-0.39, 0.29) is 11.3 Å². The van der Waals surface area contributed by atoms with Gasteiger partial charge in [-0.1, -0.05) is 13.8 Å². The molecule has 3 aromatic rings. The normalized spacial score (nSPS) is 20.1. The van der Waals surface area contributed by atoms with Crippen molar-refractivity contribution in [3.63, 3.8) is 0 Å². The predicted molar refractivity (Wildman–Crippen MR) is 118 cm³/mol. The first-order valence-corrected chi connectivity index (χ1v) is 10.6. The van der Waals surface area contributed by atoms with Crippen molar-refractivity contribution in [3.8, 4) is 17.0 Å². The lowest BCUT2D eigenvalue weighted by Crippen LogP contribution is -2.31. The van der Waals surface area contributed by atoms with Gasteiger partial charge in [-0.25, -0.2) is 9.37 Å². The van der Waals surface area contributed by atoms with Crippen molar-refractivity contribution < 1.29 is 9.13 Å². The fourth-order valence-corrected chi connectivity index (χ4v) is 4.15. The maximum Gasteiger partial charge on any atom is 0.258 e. The first kappa shape index (κ1) is 20.4. The molecule has 2 atom stereocenters. The number of rotatable bonds is 3. The second-order valence-corrected chi connectivity index (χ2v) is 8.32. The molecule has 30 heavy (non-hydrogen) atoms.